The van der Waals surface area contributed by atoms with Crippen LogP contribution in [0.4, 0.5) is 5.69 Å². The van der Waals surface area contributed by atoms with E-state index in [0.717, 1.165) is 15.4 Å². The SMILES string of the molecule is CCCC(=O)N(C1CCNCC1)S(=O)(=O)c1ccc(NC(=O)c2cccc(C)c2C)c2ccccc12. The zero-order valence-electron chi connectivity index (χ0n) is 21.0. The smallest absolute Gasteiger partial charge is 0.267 e. The molecule has 3 aromatic rings. The number of nitrogens with zero attached hydrogens (tertiary/aromatic N) is 1. The van der Waals surface area contributed by atoms with Crippen molar-refractivity contribution in [2.45, 2.75) is 57.4 Å². The third kappa shape index (κ3) is 5.01. The van der Waals surface area contributed by atoms with Crippen LogP contribution >= 0.6 is 0 Å². The van der Waals surface area contributed by atoms with Gasteiger partial charge in [-0.3, -0.25) is 9.59 Å². The number of aryl methyl sites for hydroxylation is 1. The molecule has 4 rings (SSSR count). The molecule has 1 aliphatic heterocycles. The van der Waals surface area contributed by atoms with Crippen LogP contribution in [0.2, 0.25) is 0 Å². The van der Waals surface area contributed by atoms with Crippen LogP contribution in [-0.2, 0) is 14.8 Å². The molecule has 0 unspecified atom stereocenters. The Morgan fingerprint density at radius 2 is 1.67 bits per heavy atom. The van der Waals surface area contributed by atoms with Crippen LogP contribution in [-0.4, -0.2) is 43.7 Å². The Bertz CT molecular complexity index is 1400. The highest BCUT2D eigenvalue weighted by molar-refractivity contribution is 7.90. The monoisotopic (exact) mass is 507 g/mol. The van der Waals surface area contributed by atoms with Crippen molar-refractivity contribution in [3.8, 4) is 0 Å². The second kappa shape index (κ2) is 10.8. The number of nitrogens with one attached hydrogen (secondary N) is 2. The average molecular weight is 508 g/mol. The molecule has 1 aliphatic rings. The molecule has 2 amide bonds. The van der Waals surface area contributed by atoms with Crippen LogP contribution in [0.5, 0.6) is 0 Å². The third-order valence-electron chi connectivity index (χ3n) is 6.87. The maximum atomic E-state index is 14.0. The minimum absolute atomic E-state index is 0.0748. The lowest BCUT2D eigenvalue weighted by Gasteiger charge is -2.34. The molecule has 0 aromatic heterocycles. The summed E-state index contributed by atoms with van der Waals surface area (Å²) in [5.41, 5.74) is 3.00. The Balaban J connectivity index is 1.77. The Morgan fingerprint density at radius 1 is 0.972 bits per heavy atom. The summed E-state index contributed by atoms with van der Waals surface area (Å²) in [5.74, 6) is -0.632. The van der Waals surface area contributed by atoms with Gasteiger partial charge in [-0.2, -0.15) is 0 Å². The number of fused-ring (bicyclic) bond motifs is 1. The molecule has 0 saturated carbocycles. The number of carbonyl (C=O) groups excluding carboxylic acids is 2. The van der Waals surface area contributed by atoms with Crippen molar-refractivity contribution in [2.75, 3.05) is 18.4 Å². The fraction of sp³-hybridized carbons (Fsp3) is 0.357. The second-order valence-corrected chi connectivity index (χ2v) is 11.1. The van der Waals surface area contributed by atoms with E-state index in [0.29, 0.717) is 54.4 Å². The number of benzene rings is 3. The minimum Gasteiger partial charge on any atom is -0.321 e. The largest absolute Gasteiger partial charge is 0.321 e. The topological polar surface area (TPSA) is 95.6 Å². The van der Waals surface area contributed by atoms with Gasteiger partial charge in [0.05, 0.1) is 10.9 Å². The van der Waals surface area contributed by atoms with Crippen molar-refractivity contribution in [3.63, 3.8) is 0 Å². The predicted octanol–water partition coefficient (Wildman–Crippen LogP) is 4.78. The van der Waals surface area contributed by atoms with Gasteiger partial charge in [-0.25, -0.2) is 12.7 Å². The normalized spacial score (nSPS) is 14.5. The van der Waals surface area contributed by atoms with E-state index in [9.17, 15) is 18.0 Å². The maximum Gasteiger partial charge on any atom is 0.267 e. The Morgan fingerprint density at radius 3 is 2.36 bits per heavy atom. The van der Waals surface area contributed by atoms with E-state index in [1.54, 1.807) is 36.4 Å². The van der Waals surface area contributed by atoms with Gasteiger partial charge >= 0.3 is 0 Å². The van der Waals surface area contributed by atoms with E-state index in [4.69, 9.17) is 0 Å². The summed E-state index contributed by atoms with van der Waals surface area (Å²) in [5, 5.41) is 7.27. The standard InChI is InChI=1S/C28H33N3O4S/c1-4-8-27(32)31(21-15-17-29-18-16-21)36(34,35)26-14-13-25(23-10-5-6-11-24(23)26)30-28(33)22-12-7-9-19(2)20(22)3/h5-7,9-14,21,29H,4,8,15-18H2,1-3H3,(H,30,33). The summed E-state index contributed by atoms with van der Waals surface area (Å²) in [4.78, 5) is 26.3. The number of rotatable bonds is 7. The van der Waals surface area contributed by atoms with E-state index in [1.165, 1.54) is 6.07 Å². The Hall–Kier alpha value is -3.23. The highest BCUT2D eigenvalue weighted by atomic mass is 32.2. The molecule has 7 nitrogen and oxygen atoms in total. The zero-order valence-corrected chi connectivity index (χ0v) is 21.8. The lowest BCUT2D eigenvalue weighted by molar-refractivity contribution is -0.128. The first-order valence-electron chi connectivity index (χ1n) is 12.4. The molecule has 3 aromatic carbocycles. The first-order valence-corrected chi connectivity index (χ1v) is 13.9. The molecular weight excluding hydrogens is 474 g/mol. The van der Waals surface area contributed by atoms with Crippen molar-refractivity contribution >= 4 is 38.3 Å². The number of hydrogen-bond donors (Lipinski definition) is 2. The predicted molar refractivity (Wildman–Crippen MR) is 143 cm³/mol. The van der Waals surface area contributed by atoms with Crippen molar-refractivity contribution in [3.05, 3.63) is 71.3 Å². The lowest BCUT2D eigenvalue weighted by Crippen LogP contribution is -2.49. The van der Waals surface area contributed by atoms with Gasteiger partial charge in [0, 0.05) is 28.4 Å². The second-order valence-electron chi connectivity index (χ2n) is 9.28. The summed E-state index contributed by atoms with van der Waals surface area (Å²) < 4.78 is 29.1. The van der Waals surface area contributed by atoms with Gasteiger partial charge in [0.15, 0.2) is 0 Å². The summed E-state index contributed by atoms with van der Waals surface area (Å²) >= 11 is 0. The molecule has 0 atom stereocenters. The first kappa shape index (κ1) is 25.9. The van der Waals surface area contributed by atoms with Crippen LogP contribution in [0.3, 0.4) is 0 Å². The van der Waals surface area contributed by atoms with Crippen molar-refractivity contribution in [1.82, 2.24) is 9.62 Å². The van der Waals surface area contributed by atoms with Crippen molar-refractivity contribution < 1.29 is 18.0 Å². The lowest BCUT2D eigenvalue weighted by atomic mass is 10.0. The fourth-order valence-electron chi connectivity index (χ4n) is 4.80. The highest BCUT2D eigenvalue weighted by Crippen LogP contribution is 2.33. The number of sulfonamides is 1. The average Bonchev–Trinajstić information content (AvgIpc) is 2.86. The maximum absolute atomic E-state index is 14.0. The molecule has 1 saturated heterocycles. The molecular formula is C28H33N3O4S. The fourth-order valence-corrected chi connectivity index (χ4v) is 6.67. The van der Waals surface area contributed by atoms with E-state index >= 15 is 0 Å². The van der Waals surface area contributed by atoms with E-state index in [-0.39, 0.29) is 29.2 Å². The van der Waals surface area contributed by atoms with Gasteiger partial charge < -0.3 is 10.6 Å². The Labute approximate surface area is 212 Å². The molecule has 190 valence electrons. The molecule has 0 spiro atoms. The zero-order chi connectivity index (χ0) is 25.9. The van der Waals surface area contributed by atoms with Crippen molar-refractivity contribution in [1.29, 1.82) is 0 Å². The van der Waals surface area contributed by atoms with Gasteiger partial charge in [-0.05, 0) is 75.5 Å². The highest BCUT2D eigenvalue weighted by Gasteiger charge is 2.36. The summed E-state index contributed by atoms with van der Waals surface area (Å²) in [6.07, 6.45) is 1.90. The van der Waals surface area contributed by atoms with Gasteiger partial charge in [0.2, 0.25) is 5.91 Å². The van der Waals surface area contributed by atoms with Crippen LogP contribution < -0.4 is 10.6 Å². The minimum atomic E-state index is -4.12. The molecule has 36 heavy (non-hydrogen) atoms. The van der Waals surface area contributed by atoms with E-state index in [2.05, 4.69) is 10.6 Å². The van der Waals surface area contributed by atoms with Crippen LogP contribution in [0.15, 0.2) is 59.5 Å². The van der Waals surface area contributed by atoms with E-state index < -0.39 is 10.0 Å². The van der Waals surface area contributed by atoms with Crippen molar-refractivity contribution in [2.24, 2.45) is 0 Å². The molecule has 0 bridgehead atoms. The van der Waals surface area contributed by atoms with Gasteiger partial charge in [0.25, 0.3) is 15.9 Å². The van der Waals surface area contributed by atoms with Crippen LogP contribution in [0, 0.1) is 13.8 Å². The quantitative estimate of drug-likeness (QED) is 0.480. The molecule has 8 heteroatoms. The third-order valence-corrected chi connectivity index (χ3v) is 8.80. The number of piperidine rings is 1. The Kier molecular flexibility index (Phi) is 7.76. The molecule has 0 radical (unpaired) electrons. The summed E-state index contributed by atoms with van der Waals surface area (Å²) in [6.45, 7) is 7.06. The first-order chi connectivity index (χ1) is 17.3. The van der Waals surface area contributed by atoms with E-state index in [1.807, 2.05) is 32.9 Å². The number of carbonyl (C=O) groups is 2. The molecule has 0 aliphatic carbocycles. The van der Waals surface area contributed by atoms with Crippen LogP contribution in [0.25, 0.3) is 10.8 Å². The summed E-state index contributed by atoms with van der Waals surface area (Å²) in [6, 6.07) is 15.4. The molecule has 1 fully saturated rings. The molecule has 2 N–H and O–H groups in total. The number of anilines is 1. The molecule has 1 heterocycles. The van der Waals surface area contributed by atoms with Gasteiger partial charge in [-0.15, -0.1) is 0 Å². The van der Waals surface area contributed by atoms with Gasteiger partial charge in [0.1, 0.15) is 0 Å². The summed E-state index contributed by atoms with van der Waals surface area (Å²) in [7, 11) is -4.12. The number of amides is 2. The van der Waals surface area contributed by atoms with Crippen LogP contribution in [0.1, 0.15) is 54.1 Å². The van der Waals surface area contributed by atoms with Gasteiger partial charge in [-0.1, -0.05) is 43.3 Å². The number of hydrogen-bond acceptors (Lipinski definition) is 5.